The van der Waals surface area contributed by atoms with Crippen LogP contribution in [0.2, 0.25) is 0 Å². The number of rotatable bonds is 4. The Morgan fingerprint density at radius 3 is 2.80 bits per heavy atom. The van der Waals surface area contributed by atoms with Gasteiger partial charge in [0.2, 0.25) is 5.91 Å². The molecule has 1 amide bonds. The first-order valence-corrected chi connectivity index (χ1v) is 7.09. The normalized spacial score (nSPS) is 15.6. The first-order chi connectivity index (χ1) is 9.47. The lowest BCUT2D eigenvalue weighted by molar-refractivity contribution is -0.138. The van der Waals surface area contributed by atoms with Crippen molar-refractivity contribution < 1.29 is 14.7 Å². The van der Waals surface area contributed by atoms with Gasteiger partial charge in [-0.3, -0.25) is 9.59 Å². The average Bonchev–Trinajstić information content (AvgIpc) is 2.36. The van der Waals surface area contributed by atoms with Gasteiger partial charge in [-0.1, -0.05) is 24.6 Å². The van der Waals surface area contributed by atoms with E-state index in [-0.39, 0.29) is 18.2 Å². The molecule has 4 nitrogen and oxygen atoms in total. The molecule has 4 heteroatoms. The van der Waals surface area contributed by atoms with Gasteiger partial charge in [-0.05, 0) is 37.3 Å². The first-order valence-electron chi connectivity index (χ1n) is 7.09. The van der Waals surface area contributed by atoms with E-state index in [2.05, 4.69) is 13.0 Å². The Labute approximate surface area is 119 Å². The largest absolute Gasteiger partial charge is 0.481 e. The molecule has 0 saturated carbocycles. The zero-order valence-corrected chi connectivity index (χ0v) is 12.1. The molecule has 1 aromatic carbocycles. The zero-order valence-electron chi connectivity index (χ0n) is 12.1. The maximum Gasteiger partial charge on any atom is 0.303 e. The predicted molar refractivity (Wildman–Crippen MR) is 77.9 cm³/mol. The molecule has 1 unspecified atom stereocenters. The summed E-state index contributed by atoms with van der Waals surface area (Å²) >= 11 is 0. The number of fused-ring (bicyclic) bond motifs is 1. The summed E-state index contributed by atoms with van der Waals surface area (Å²) in [7, 11) is 0. The number of nitrogens with zero attached hydrogens (tertiary/aromatic N) is 1. The van der Waals surface area contributed by atoms with E-state index in [1.165, 1.54) is 11.1 Å². The van der Waals surface area contributed by atoms with Crippen LogP contribution in [-0.2, 0) is 16.0 Å². The molecule has 20 heavy (non-hydrogen) atoms. The van der Waals surface area contributed by atoms with Crippen LogP contribution in [0.25, 0.3) is 0 Å². The molecule has 1 heterocycles. The van der Waals surface area contributed by atoms with Gasteiger partial charge in [0, 0.05) is 25.1 Å². The predicted octanol–water partition coefficient (Wildman–Crippen LogP) is 2.78. The molecule has 0 aliphatic carbocycles. The molecule has 0 aromatic heterocycles. The second kappa shape index (κ2) is 6.07. The van der Waals surface area contributed by atoms with Crippen molar-refractivity contribution in [3.05, 3.63) is 29.3 Å². The van der Waals surface area contributed by atoms with E-state index in [1.54, 1.807) is 0 Å². The topological polar surface area (TPSA) is 57.6 Å². The number of amides is 1. The number of carbonyl (C=O) groups is 2. The van der Waals surface area contributed by atoms with Crippen LogP contribution in [0.1, 0.15) is 37.3 Å². The van der Waals surface area contributed by atoms with Crippen molar-refractivity contribution in [2.24, 2.45) is 5.92 Å². The van der Waals surface area contributed by atoms with E-state index in [4.69, 9.17) is 5.11 Å². The number of carbonyl (C=O) groups excluding carboxylic acids is 1. The van der Waals surface area contributed by atoms with Gasteiger partial charge in [0.05, 0.1) is 0 Å². The Morgan fingerprint density at radius 2 is 2.10 bits per heavy atom. The fourth-order valence-electron chi connectivity index (χ4n) is 2.76. The Hall–Kier alpha value is -1.84. The molecule has 1 aliphatic heterocycles. The number of hydrogen-bond donors (Lipinski definition) is 1. The summed E-state index contributed by atoms with van der Waals surface area (Å²) in [6, 6.07) is 6.16. The van der Waals surface area contributed by atoms with Gasteiger partial charge in [0.1, 0.15) is 0 Å². The minimum Gasteiger partial charge on any atom is -0.481 e. The smallest absolute Gasteiger partial charge is 0.303 e. The Kier molecular flexibility index (Phi) is 4.42. The van der Waals surface area contributed by atoms with E-state index in [1.807, 2.05) is 24.0 Å². The minimum atomic E-state index is -0.847. The minimum absolute atomic E-state index is 0.0311. The SMILES string of the molecule is Cc1ccc2c(c1)CCCN2C(=O)CC(C)CC(=O)O. The Balaban J connectivity index is 2.10. The van der Waals surface area contributed by atoms with Crippen LogP contribution < -0.4 is 4.90 Å². The van der Waals surface area contributed by atoms with E-state index in [0.29, 0.717) is 6.42 Å². The molecule has 0 saturated heterocycles. The second-order valence-electron chi connectivity index (χ2n) is 5.69. The lowest BCUT2D eigenvalue weighted by Crippen LogP contribution is -2.36. The van der Waals surface area contributed by atoms with Gasteiger partial charge in [-0.25, -0.2) is 0 Å². The molecule has 0 bridgehead atoms. The Bertz CT molecular complexity index is 524. The molecule has 0 fully saturated rings. The fourth-order valence-corrected chi connectivity index (χ4v) is 2.76. The molecular formula is C16H21NO3. The summed E-state index contributed by atoms with van der Waals surface area (Å²) in [6.45, 7) is 4.59. The maximum atomic E-state index is 12.4. The first kappa shape index (κ1) is 14.6. The van der Waals surface area contributed by atoms with Crippen LogP contribution in [-0.4, -0.2) is 23.5 Å². The van der Waals surface area contributed by atoms with Crippen molar-refractivity contribution in [3.8, 4) is 0 Å². The highest BCUT2D eigenvalue weighted by Crippen LogP contribution is 2.29. The number of aliphatic carboxylic acids is 1. The van der Waals surface area contributed by atoms with Gasteiger partial charge >= 0.3 is 5.97 Å². The third-order valence-corrected chi connectivity index (χ3v) is 3.70. The molecule has 1 atom stereocenters. The average molecular weight is 275 g/mol. The monoisotopic (exact) mass is 275 g/mol. The van der Waals surface area contributed by atoms with Crippen molar-refractivity contribution in [1.29, 1.82) is 0 Å². The summed E-state index contributed by atoms with van der Waals surface area (Å²) in [5, 5.41) is 8.77. The quantitative estimate of drug-likeness (QED) is 0.919. The summed E-state index contributed by atoms with van der Waals surface area (Å²) < 4.78 is 0. The third kappa shape index (κ3) is 3.38. The molecule has 0 radical (unpaired) electrons. The van der Waals surface area contributed by atoms with E-state index < -0.39 is 5.97 Å². The molecule has 108 valence electrons. The van der Waals surface area contributed by atoms with Crippen LogP contribution in [0.5, 0.6) is 0 Å². The van der Waals surface area contributed by atoms with E-state index in [9.17, 15) is 9.59 Å². The molecule has 0 spiro atoms. The highest BCUT2D eigenvalue weighted by molar-refractivity contribution is 5.94. The zero-order chi connectivity index (χ0) is 14.7. The third-order valence-electron chi connectivity index (χ3n) is 3.70. The van der Waals surface area contributed by atoms with Crippen molar-refractivity contribution >= 4 is 17.6 Å². The summed E-state index contributed by atoms with van der Waals surface area (Å²) in [6.07, 6.45) is 2.31. The number of carboxylic acid groups (broad SMARTS) is 1. The van der Waals surface area contributed by atoms with Crippen LogP contribution in [0.4, 0.5) is 5.69 Å². The highest BCUT2D eigenvalue weighted by Gasteiger charge is 2.24. The van der Waals surface area contributed by atoms with Crippen LogP contribution >= 0.6 is 0 Å². The lowest BCUT2D eigenvalue weighted by atomic mass is 9.97. The number of benzene rings is 1. The number of anilines is 1. The van der Waals surface area contributed by atoms with Crippen LogP contribution in [0, 0.1) is 12.8 Å². The number of hydrogen-bond acceptors (Lipinski definition) is 2. The van der Waals surface area contributed by atoms with Gasteiger partial charge in [0.15, 0.2) is 0 Å². The van der Waals surface area contributed by atoms with Crippen molar-refractivity contribution in [2.45, 2.75) is 39.5 Å². The summed E-state index contributed by atoms with van der Waals surface area (Å²) in [5.41, 5.74) is 3.42. The van der Waals surface area contributed by atoms with Gasteiger partial charge < -0.3 is 10.0 Å². The van der Waals surface area contributed by atoms with E-state index in [0.717, 1.165) is 25.1 Å². The highest BCUT2D eigenvalue weighted by atomic mass is 16.4. The number of aryl methyl sites for hydroxylation is 2. The summed E-state index contributed by atoms with van der Waals surface area (Å²) in [4.78, 5) is 24.9. The van der Waals surface area contributed by atoms with Crippen molar-refractivity contribution in [2.75, 3.05) is 11.4 Å². The Morgan fingerprint density at radius 1 is 1.35 bits per heavy atom. The van der Waals surface area contributed by atoms with Gasteiger partial charge in [-0.2, -0.15) is 0 Å². The van der Waals surface area contributed by atoms with Crippen LogP contribution in [0.15, 0.2) is 18.2 Å². The lowest BCUT2D eigenvalue weighted by Gasteiger charge is -2.30. The summed E-state index contributed by atoms with van der Waals surface area (Å²) in [5.74, 6) is -0.945. The van der Waals surface area contributed by atoms with Gasteiger partial charge in [-0.15, -0.1) is 0 Å². The fraction of sp³-hybridized carbons (Fsp3) is 0.500. The van der Waals surface area contributed by atoms with Crippen LogP contribution in [0.3, 0.4) is 0 Å². The number of carboxylic acids is 1. The van der Waals surface area contributed by atoms with Gasteiger partial charge in [0.25, 0.3) is 0 Å². The van der Waals surface area contributed by atoms with E-state index >= 15 is 0 Å². The van der Waals surface area contributed by atoms with Crippen molar-refractivity contribution in [3.63, 3.8) is 0 Å². The van der Waals surface area contributed by atoms with Crippen molar-refractivity contribution in [1.82, 2.24) is 0 Å². The maximum absolute atomic E-state index is 12.4. The molecule has 1 aliphatic rings. The second-order valence-corrected chi connectivity index (χ2v) is 5.69. The molecule has 1 N–H and O–H groups in total. The molecule has 2 rings (SSSR count). The standard InChI is InChI=1S/C16H21NO3/c1-11-5-6-14-13(8-11)4-3-7-17(14)15(18)9-12(2)10-16(19)20/h5-6,8,12H,3-4,7,9-10H2,1-2H3,(H,19,20). The molecular weight excluding hydrogens is 254 g/mol. The molecule has 1 aromatic rings.